The Kier molecular flexibility index (Phi) is 19.2. The van der Waals surface area contributed by atoms with Crippen molar-refractivity contribution in [2.45, 2.75) is 77.3 Å². The smallest absolute Gasteiger partial charge is 1.00 e. The molecule has 0 nitrogen and oxygen atoms in total. The maximum atomic E-state index is 2.26. The van der Waals surface area contributed by atoms with Gasteiger partial charge < -0.3 is 24.8 Å². The molecule has 2 aliphatic rings. The van der Waals surface area contributed by atoms with E-state index in [9.17, 15) is 0 Å². The maximum absolute atomic E-state index is 2.26. The van der Waals surface area contributed by atoms with Gasteiger partial charge >= 0.3 is 26.2 Å². The first-order chi connectivity index (χ1) is 11.3. The average Bonchev–Trinajstić information content (AvgIpc) is 3.26. The van der Waals surface area contributed by atoms with Crippen molar-refractivity contribution in [2.24, 2.45) is 0 Å². The Morgan fingerprint density at radius 2 is 1.12 bits per heavy atom. The molecule has 2 aliphatic carbocycles. The number of hydrogen-bond donors (Lipinski definition) is 0. The molecule has 0 fully saturated rings. The molecule has 4 heteroatoms. The van der Waals surface area contributed by atoms with Gasteiger partial charge in [-0.05, 0) is 0 Å². The zero-order chi connectivity index (χ0) is 16.3. The van der Waals surface area contributed by atoms with Gasteiger partial charge in [-0.15, -0.1) is 0 Å². The van der Waals surface area contributed by atoms with E-state index in [2.05, 4.69) is 50.2 Å². The Bertz CT molecular complexity index is 459. The van der Waals surface area contributed by atoms with E-state index < -0.39 is 0 Å². The van der Waals surface area contributed by atoms with E-state index in [1.807, 2.05) is 0 Å². The molecule has 2 aromatic rings. The number of hydrogen-bond acceptors (Lipinski definition) is 0. The summed E-state index contributed by atoms with van der Waals surface area (Å²) in [6.07, 6.45) is 10.9. The van der Waals surface area contributed by atoms with Gasteiger partial charge in [-0.1, -0.05) is 77.3 Å². The predicted molar refractivity (Wildman–Crippen MR) is 105 cm³/mol. The molecule has 0 N–H and O–H groups in total. The van der Waals surface area contributed by atoms with Crippen LogP contribution in [-0.4, -0.2) is 9.52 Å². The summed E-state index contributed by atoms with van der Waals surface area (Å²) in [4.78, 5) is 0. The van der Waals surface area contributed by atoms with Crippen molar-refractivity contribution in [3.8, 4) is 0 Å². The monoisotopic (exact) mass is 485 g/mol. The molecule has 26 heavy (non-hydrogen) atoms. The fourth-order valence-corrected chi connectivity index (χ4v) is 4.09. The van der Waals surface area contributed by atoms with Crippen LogP contribution in [0, 0.1) is 0 Å². The Morgan fingerprint density at radius 1 is 0.731 bits per heavy atom. The van der Waals surface area contributed by atoms with Gasteiger partial charge in [0.05, 0.1) is 0 Å². The molecule has 0 saturated carbocycles. The van der Waals surface area contributed by atoms with E-state index in [4.69, 9.17) is 0 Å². The van der Waals surface area contributed by atoms with Crippen molar-refractivity contribution in [1.29, 1.82) is 0 Å². The second kappa shape index (κ2) is 17.5. The standard InChI is InChI=1S/2C9H11.C4H11Si.2ClH.Zr/c2*1-2-5-9-7-3-6-8(9)4-1;1-3-5-4-2;;;/h2*3,6-7H,1-2,4-5H2;5H,3-4H2,1-2H3;2*1H;/q2*-1;;;;+4/p-2. The van der Waals surface area contributed by atoms with Crippen molar-refractivity contribution in [3.05, 3.63) is 58.7 Å². The molecule has 0 unspecified atom stereocenters. The topological polar surface area (TPSA) is 0 Å². The fraction of sp³-hybridized carbons (Fsp3) is 0.545. The average molecular weight is 488 g/mol. The summed E-state index contributed by atoms with van der Waals surface area (Å²) in [6.45, 7) is 4.50. The summed E-state index contributed by atoms with van der Waals surface area (Å²) < 4.78 is 0. The summed E-state index contributed by atoms with van der Waals surface area (Å²) in [7, 11) is 0.815. The van der Waals surface area contributed by atoms with Gasteiger partial charge in [-0.25, -0.2) is 12.1 Å². The van der Waals surface area contributed by atoms with Crippen LogP contribution in [0.25, 0.3) is 0 Å². The zero-order valence-corrected chi connectivity index (χ0v) is 21.5. The van der Waals surface area contributed by atoms with Crippen molar-refractivity contribution in [1.82, 2.24) is 0 Å². The first-order valence-corrected chi connectivity index (χ1v) is 11.3. The molecule has 2 aromatic carbocycles. The van der Waals surface area contributed by atoms with Crippen LogP contribution in [0.1, 0.15) is 61.8 Å². The van der Waals surface area contributed by atoms with Gasteiger partial charge in [0.25, 0.3) is 0 Å². The van der Waals surface area contributed by atoms with E-state index in [-0.39, 0.29) is 51.0 Å². The van der Waals surface area contributed by atoms with E-state index >= 15 is 0 Å². The summed E-state index contributed by atoms with van der Waals surface area (Å²) in [6, 6.07) is 16.2. The van der Waals surface area contributed by atoms with Crippen LogP contribution >= 0.6 is 0 Å². The van der Waals surface area contributed by atoms with E-state index in [1.54, 1.807) is 22.3 Å². The second-order valence-electron chi connectivity index (χ2n) is 6.67. The van der Waals surface area contributed by atoms with Crippen LogP contribution in [0.4, 0.5) is 0 Å². The number of aryl methyl sites for hydroxylation is 4. The third-order valence-electron chi connectivity index (χ3n) is 4.88. The number of fused-ring (bicyclic) bond motifs is 2. The maximum Gasteiger partial charge on any atom is 4.00 e. The van der Waals surface area contributed by atoms with Gasteiger partial charge in [0, 0.05) is 9.52 Å². The normalized spacial score (nSPS) is 13.6. The Morgan fingerprint density at radius 3 is 1.42 bits per heavy atom. The zero-order valence-electron chi connectivity index (χ0n) is 16.4. The van der Waals surface area contributed by atoms with Crippen molar-refractivity contribution >= 4 is 9.52 Å². The van der Waals surface area contributed by atoms with Crippen molar-refractivity contribution in [3.63, 3.8) is 0 Å². The third kappa shape index (κ3) is 10.1. The Labute approximate surface area is 195 Å². The largest absolute Gasteiger partial charge is 4.00 e. The van der Waals surface area contributed by atoms with Crippen LogP contribution in [0.2, 0.25) is 12.1 Å². The van der Waals surface area contributed by atoms with Gasteiger partial charge in [0.2, 0.25) is 0 Å². The fourth-order valence-electron chi connectivity index (χ4n) is 3.52. The Balaban J connectivity index is 0. The van der Waals surface area contributed by atoms with Gasteiger partial charge in [-0.2, -0.15) is 46.5 Å². The SMILES string of the molecule is CC[SiH]CC.[Cl-].[Cl-].[Zr+4].c1cc2c([cH-]1)CCCC2.c1cc2c([cH-]1)CCCC2. The minimum atomic E-state index is 0. The summed E-state index contributed by atoms with van der Waals surface area (Å²) in [5, 5.41) is 0. The van der Waals surface area contributed by atoms with Crippen molar-refractivity contribution in [2.75, 3.05) is 0 Å². The van der Waals surface area contributed by atoms with Crippen LogP contribution < -0.4 is 24.8 Å². The molecule has 0 aliphatic heterocycles. The van der Waals surface area contributed by atoms with Crippen LogP contribution in [0.3, 0.4) is 0 Å². The molecule has 0 atom stereocenters. The summed E-state index contributed by atoms with van der Waals surface area (Å²) in [5.74, 6) is 0. The van der Waals surface area contributed by atoms with Gasteiger partial charge in [-0.3, -0.25) is 0 Å². The molecular weight excluding hydrogens is 454 g/mol. The van der Waals surface area contributed by atoms with E-state index in [0.717, 1.165) is 9.52 Å². The number of rotatable bonds is 2. The van der Waals surface area contributed by atoms with E-state index in [0.29, 0.717) is 0 Å². The van der Waals surface area contributed by atoms with Crippen LogP contribution in [0.15, 0.2) is 36.4 Å². The van der Waals surface area contributed by atoms with Crippen LogP contribution in [0.5, 0.6) is 0 Å². The minimum Gasteiger partial charge on any atom is -1.00 e. The predicted octanol–water partition coefficient (Wildman–Crippen LogP) is -0.127. The summed E-state index contributed by atoms with van der Waals surface area (Å²) in [5.41, 5.74) is 6.39. The Hall–Kier alpha value is 0.380. The third-order valence-corrected chi connectivity index (χ3v) is 6.03. The molecule has 1 radical (unpaired) electrons. The van der Waals surface area contributed by atoms with E-state index in [1.165, 1.54) is 63.5 Å². The van der Waals surface area contributed by atoms with Crippen LogP contribution in [-0.2, 0) is 51.9 Å². The number of halogens is 2. The van der Waals surface area contributed by atoms with Crippen molar-refractivity contribution < 1.29 is 51.0 Å². The molecule has 0 bridgehead atoms. The van der Waals surface area contributed by atoms with Gasteiger partial charge in [0.15, 0.2) is 0 Å². The molecule has 0 saturated heterocycles. The second-order valence-corrected chi connectivity index (χ2v) is 8.88. The molecule has 0 heterocycles. The van der Waals surface area contributed by atoms with Gasteiger partial charge in [0.1, 0.15) is 0 Å². The molecule has 0 spiro atoms. The first-order valence-electron chi connectivity index (χ1n) is 9.63. The molecule has 143 valence electrons. The quantitative estimate of drug-likeness (QED) is 0.409. The minimum absolute atomic E-state index is 0. The molecular formula is C22H33Cl2SiZr. The molecule has 4 rings (SSSR count). The summed E-state index contributed by atoms with van der Waals surface area (Å²) >= 11 is 0. The molecule has 0 aromatic heterocycles. The first kappa shape index (κ1) is 28.6. The molecule has 0 amide bonds.